The second-order valence-corrected chi connectivity index (χ2v) is 6.29. The van der Waals surface area contributed by atoms with Crippen LogP contribution in [-0.2, 0) is 11.3 Å². The smallest absolute Gasteiger partial charge is 0.239 e. The van der Waals surface area contributed by atoms with E-state index in [1.165, 1.54) is 5.56 Å². The molecular weight excluding hydrogens is 262 g/mol. The van der Waals surface area contributed by atoms with E-state index in [9.17, 15) is 4.79 Å². The summed E-state index contributed by atoms with van der Waals surface area (Å²) >= 11 is 0. The number of nitrogens with zero attached hydrogens (tertiary/aromatic N) is 2. The Morgan fingerprint density at radius 3 is 2.57 bits per heavy atom. The molecule has 4 nitrogen and oxygen atoms in total. The van der Waals surface area contributed by atoms with Crippen molar-refractivity contribution in [2.24, 2.45) is 5.73 Å². The van der Waals surface area contributed by atoms with E-state index in [1.54, 1.807) is 6.92 Å². The molecule has 0 aromatic heterocycles. The third-order valence-corrected chi connectivity index (χ3v) is 4.09. The van der Waals surface area contributed by atoms with Crippen molar-refractivity contribution in [3.05, 3.63) is 35.9 Å². The van der Waals surface area contributed by atoms with Gasteiger partial charge in [0.2, 0.25) is 5.91 Å². The van der Waals surface area contributed by atoms with Crippen molar-refractivity contribution in [2.75, 3.05) is 13.1 Å². The van der Waals surface area contributed by atoms with Gasteiger partial charge in [-0.1, -0.05) is 30.3 Å². The molecule has 1 aromatic carbocycles. The van der Waals surface area contributed by atoms with E-state index in [2.05, 4.69) is 43.0 Å². The highest BCUT2D eigenvalue weighted by Gasteiger charge is 2.33. The Morgan fingerprint density at radius 2 is 2.00 bits per heavy atom. The monoisotopic (exact) mass is 289 g/mol. The Morgan fingerprint density at radius 1 is 1.33 bits per heavy atom. The molecule has 2 atom stereocenters. The van der Waals surface area contributed by atoms with Crippen LogP contribution in [0, 0.1) is 0 Å². The van der Waals surface area contributed by atoms with Crippen LogP contribution in [0.4, 0.5) is 0 Å². The summed E-state index contributed by atoms with van der Waals surface area (Å²) in [6.07, 6.45) is 1.03. The molecule has 1 amide bonds. The Bertz CT molecular complexity index is 458. The second kappa shape index (κ2) is 7.05. The Labute approximate surface area is 127 Å². The standard InChI is InChI=1S/C17H27N3O/c1-13(2)20(17(21)14(3)18)16-9-10-19(12-16)11-15-7-5-4-6-8-15/h4-8,13-14,16H,9-12,18H2,1-3H3/t14?,16-/m0/s1. The minimum absolute atomic E-state index is 0.0663. The van der Waals surface area contributed by atoms with Crippen molar-refractivity contribution in [2.45, 2.75) is 51.9 Å². The molecule has 1 aliphatic heterocycles. The van der Waals surface area contributed by atoms with Gasteiger partial charge in [-0.2, -0.15) is 0 Å². The summed E-state index contributed by atoms with van der Waals surface area (Å²) in [4.78, 5) is 16.7. The van der Waals surface area contributed by atoms with Crippen LogP contribution in [0.15, 0.2) is 30.3 Å². The third kappa shape index (κ3) is 4.05. The molecule has 2 N–H and O–H groups in total. The van der Waals surface area contributed by atoms with Gasteiger partial charge >= 0.3 is 0 Å². The van der Waals surface area contributed by atoms with Crippen molar-refractivity contribution >= 4 is 5.91 Å². The van der Waals surface area contributed by atoms with Gasteiger partial charge in [-0.05, 0) is 32.8 Å². The number of carbonyl (C=O) groups excluding carboxylic acids is 1. The lowest BCUT2D eigenvalue weighted by atomic mass is 10.1. The normalized spacial score (nSPS) is 20.7. The molecule has 1 heterocycles. The minimum Gasteiger partial charge on any atom is -0.335 e. The number of amides is 1. The summed E-state index contributed by atoms with van der Waals surface area (Å²) in [5, 5.41) is 0. The van der Waals surface area contributed by atoms with Crippen LogP contribution in [0.25, 0.3) is 0 Å². The molecule has 1 unspecified atom stereocenters. The molecule has 1 fully saturated rings. The molecule has 0 spiro atoms. The number of rotatable bonds is 5. The maximum Gasteiger partial charge on any atom is 0.239 e. The molecule has 4 heteroatoms. The summed E-state index contributed by atoms with van der Waals surface area (Å²) in [5.41, 5.74) is 7.12. The molecule has 1 saturated heterocycles. The average Bonchev–Trinajstić information content (AvgIpc) is 2.87. The van der Waals surface area contributed by atoms with Crippen LogP contribution in [0.1, 0.15) is 32.8 Å². The van der Waals surface area contributed by atoms with Crippen molar-refractivity contribution in [3.63, 3.8) is 0 Å². The lowest BCUT2D eigenvalue weighted by Gasteiger charge is -2.34. The van der Waals surface area contributed by atoms with E-state index in [0.717, 1.165) is 26.1 Å². The maximum absolute atomic E-state index is 12.3. The van der Waals surface area contributed by atoms with Crippen molar-refractivity contribution in [1.82, 2.24) is 9.80 Å². The van der Waals surface area contributed by atoms with Crippen LogP contribution in [0.5, 0.6) is 0 Å². The SMILES string of the molecule is CC(N)C(=O)N(C(C)C)[C@H]1CCN(Cc2ccccc2)C1. The molecule has 116 valence electrons. The van der Waals surface area contributed by atoms with E-state index in [0.29, 0.717) is 0 Å². The van der Waals surface area contributed by atoms with Crippen LogP contribution in [0.2, 0.25) is 0 Å². The zero-order valence-corrected chi connectivity index (χ0v) is 13.3. The minimum atomic E-state index is -0.421. The molecule has 0 bridgehead atoms. The zero-order valence-electron chi connectivity index (χ0n) is 13.3. The molecule has 1 aliphatic rings. The predicted octanol–water partition coefficient (Wildman–Crippen LogP) is 1.85. The van der Waals surface area contributed by atoms with Gasteiger partial charge in [-0.3, -0.25) is 9.69 Å². The largest absolute Gasteiger partial charge is 0.335 e. The van der Waals surface area contributed by atoms with Crippen LogP contribution < -0.4 is 5.73 Å². The van der Waals surface area contributed by atoms with Crippen molar-refractivity contribution < 1.29 is 4.79 Å². The van der Waals surface area contributed by atoms with Gasteiger partial charge in [0.25, 0.3) is 0 Å². The predicted molar refractivity (Wildman–Crippen MR) is 85.8 cm³/mol. The zero-order chi connectivity index (χ0) is 15.4. The molecule has 0 saturated carbocycles. The maximum atomic E-state index is 12.3. The first kappa shape index (κ1) is 16.0. The van der Waals surface area contributed by atoms with Crippen LogP contribution >= 0.6 is 0 Å². The molecule has 0 aliphatic carbocycles. The lowest BCUT2D eigenvalue weighted by molar-refractivity contribution is -0.136. The molecule has 0 radical (unpaired) electrons. The van der Waals surface area contributed by atoms with Gasteiger partial charge in [0.1, 0.15) is 0 Å². The highest BCUT2D eigenvalue weighted by Crippen LogP contribution is 2.20. The number of hydrogen-bond donors (Lipinski definition) is 1. The molecule has 2 rings (SSSR count). The fraction of sp³-hybridized carbons (Fsp3) is 0.588. The highest BCUT2D eigenvalue weighted by atomic mass is 16.2. The van der Waals surface area contributed by atoms with Gasteiger partial charge in [-0.15, -0.1) is 0 Å². The van der Waals surface area contributed by atoms with Crippen molar-refractivity contribution in [3.8, 4) is 0 Å². The summed E-state index contributed by atoms with van der Waals surface area (Å²) in [6, 6.07) is 10.6. The summed E-state index contributed by atoms with van der Waals surface area (Å²) in [6.45, 7) is 8.84. The number of likely N-dealkylation sites (tertiary alicyclic amines) is 1. The fourth-order valence-electron chi connectivity index (χ4n) is 3.12. The number of benzene rings is 1. The van der Waals surface area contributed by atoms with E-state index in [1.807, 2.05) is 11.0 Å². The van der Waals surface area contributed by atoms with Gasteiger partial charge in [0.15, 0.2) is 0 Å². The Balaban J connectivity index is 1.98. The van der Waals surface area contributed by atoms with Gasteiger partial charge < -0.3 is 10.6 Å². The number of carbonyl (C=O) groups is 1. The van der Waals surface area contributed by atoms with E-state index in [-0.39, 0.29) is 18.0 Å². The summed E-state index contributed by atoms with van der Waals surface area (Å²) in [7, 11) is 0. The fourth-order valence-corrected chi connectivity index (χ4v) is 3.12. The van der Waals surface area contributed by atoms with Crippen LogP contribution in [-0.4, -0.2) is 46.9 Å². The number of nitrogens with two attached hydrogens (primary N) is 1. The topological polar surface area (TPSA) is 49.6 Å². The van der Waals surface area contributed by atoms with Crippen LogP contribution in [0.3, 0.4) is 0 Å². The Hall–Kier alpha value is -1.39. The number of hydrogen-bond acceptors (Lipinski definition) is 3. The van der Waals surface area contributed by atoms with Gasteiger partial charge in [0, 0.05) is 31.7 Å². The average molecular weight is 289 g/mol. The Kier molecular flexibility index (Phi) is 5.37. The molecule has 1 aromatic rings. The summed E-state index contributed by atoms with van der Waals surface area (Å²) < 4.78 is 0. The highest BCUT2D eigenvalue weighted by molar-refractivity contribution is 5.81. The van der Waals surface area contributed by atoms with Crippen molar-refractivity contribution in [1.29, 1.82) is 0 Å². The van der Waals surface area contributed by atoms with E-state index >= 15 is 0 Å². The first-order valence-corrected chi connectivity index (χ1v) is 7.83. The molecular formula is C17H27N3O. The quantitative estimate of drug-likeness (QED) is 0.900. The summed E-state index contributed by atoms with van der Waals surface area (Å²) in [5.74, 6) is 0.0663. The van der Waals surface area contributed by atoms with Gasteiger partial charge in [-0.25, -0.2) is 0 Å². The second-order valence-electron chi connectivity index (χ2n) is 6.29. The molecule has 21 heavy (non-hydrogen) atoms. The van der Waals surface area contributed by atoms with E-state index < -0.39 is 6.04 Å². The first-order chi connectivity index (χ1) is 9.99. The lowest BCUT2D eigenvalue weighted by Crippen LogP contribution is -2.51. The van der Waals surface area contributed by atoms with E-state index in [4.69, 9.17) is 5.73 Å². The third-order valence-electron chi connectivity index (χ3n) is 4.09. The van der Waals surface area contributed by atoms with Gasteiger partial charge in [0.05, 0.1) is 6.04 Å². The first-order valence-electron chi connectivity index (χ1n) is 7.83.